The minimum absolute atomic E-state index is 0.631. The number of benzene rings is 1. The molecule has 1 unspecified atom stereocenters. The van der Waals surface area contributed by atoms with Crippen molar-refractivity contribution in [2.75, 3.05) is 42.5 Å². The minimum Gasteiger partial charge on any atom is -0.368 e. The molecule has 1 saturated heterocycles. The molecule has 3 nitrogen and oxygen atoms in total. The van der Waals surface area contributed by atoms with Crippen LogP contribution in [0.4, 0.5) is 11.4 Å². The molecule has 2 heterocycles. The Kier molecular flexibility index (Phi) is 2.94. The molecule has 1 aromatic carbocycles. The maximum atomic E-state index is 3.53. The predicted octanol–water partition coefficient (Wildman–Crippen LogP) is 1.92. The van der Waals surface area contributed by atoms with Gasteiger partial charge in [0.05, 0.1) is 17.4 Å². The lowest BCUT2D eigenvalue weighted by atomic mass is 9.98. The Morgan fingerprint density at radius 1 is 1.33 bits per heavy atom. The Bertz CT molecular complexity index is 455. The van der Waals surface area contributed by atoms with Crippen LogP contribution in [0.5, 0.6) is 0 Å². The fourth-order valence-electron chi connectivity index (χ4n) is 3.28. The Balaban J connectivity index is 2.12. The van der Waals surface area contributed by atoms with Crippen molar-refractivity contribution < 1.29 is 0 Å². The second kappa shape index (κ2) is 4.47. The smallest absolute Gasteiger partial charge is 0.0640 e. The van der Waals surface area contributed by atoms with Gasteiger partial charge in [0.25, 0.3) is 0 Å². The van der Waals surface area contributed by atoms with Crippen LogP contribution in [0.2, 0.25) is 0 Å². The van der Waals surface area contributed by atoms with Crippen molar-refractivity contribution in [1.82, 2.24) is 5.32 Å². The highest BCUT2D eigenvalue weighted by Gasteiger charge is 2.32. The number of hydrogen-bond acceptors (Lipinski definition) is 3. The van der Waals surface area contributed by atoms with Crippen LogP contribution in [0.25, 0.3) is 0 Å². The van der Waals surface area contributed by atoms with E-state index in [0.29, 0.717) is 6.04 Å². The molecule has 3 rings (SSSR count). The van der Waals surface area contributed by atoms with Gasteiger partial charge >= 0.3 is 0 Å². The number of rotatable bonds is 1. The highest BCUT2D eigenvalue weighted by atomic mass is 15.3. The molecule has 0 spiro atoms. The number of anilines is 2. The Labute approximate surface area is 110 Å². The van der Waals surface area contributed by atoms with Crippen molar-refractivity contribution in [3.8, 4) is 0 Å². The quantitative estimate of drug-likeness (QED) is 0.815. The second-order valence-electron chi connectivity index (χ2n) is 5.47. The van der Waals surface area contributed by atoms with Gasteiger partial charge < -0.3 is 15.1 Å². The van der Waals surface area contributed by atoms with E-state index in [2.05, 4.69) is 48.0 Å². The van der Waals surface area contributed by atoms with Crippen LogP contribution < -0.4 is 15.1 Å². The Hall–Kier alpha value is -1.22. The van der Waals surface area contributed by atoms with Crippen molar-refractivity contribution in [1.29, 1.82) is 0 Å². The van der Waals surface area contributed by atoms with Gasteiger partial charge in [0, 0.05) is 32.7 Å². The van der Waals surface area contributed by atoms with E-state index in [1.54, 1.807) is 0 Å². The molecule has 2 aliphatic heterocycles. The molecule has 1 N–H and O–H groups in total. The van der Waals surface area contributed by atoms with E-state index in [4.69, 9.17) is 0 Å². The van der Waals surface area contributed by atoms with Crippen molar-refractivity contribution in [2.45, 2.75) is 26.8 Å². The monoisotopic (exact) mass is 245 g/mol. The fourth-order valence-corrected chi connectivity index (χ4v) is 3.28. The van der Waals surface area contributed by atoms with E-state index in [1.165, 1.54) is 22.5 Å². The zero-order chi connectivity index (χ0) is 12.7. The molecule has 2 aliphatic rings. The van der Waals surface area contributed by atoms with Gasteiger partial charge in [-0.15, -0.1) is 0 Å². The Morgan fingerprint density at radius 3 is 2.94 bits per heavy atom. The van der Waals surface area contributed by atoms with Gasteiger partial charge in [0.2, 0.25) is 0 Å². The van der Waals surface area contributed by atoms with E-state index < -0.39 is 0 Å². The molecule has 0 aromatic heterocycles. The van der Waals surface area contributed by atoms with Gasteiger partial charge in [-0.2, -0.15) is 0 Å². The predicted molar refractivity (Wildman–Crippen MR) is 77.8 cm³/mol. The highest BCUT2D eigenvalue weighted by molar-refractivity contribution is 5.78. The van der Waals surface area contributed by atoms with Crippen molar-refractivity contribution in [3.63, 3.8) is 0 Å². The zero-order valence-corrected chi connectivity index (χ0v) is 11.7. The molecule has 0 amide bonds. The number of nitrogens with zero attached hydrogens (tertiary/aromatic N) is 2. The van der Waals surface area contributed by atoms with Crippen molar-refractivity contribution in [3.05, 3.63) is 23.3 Å². The molecule has 1 atom stereocenters. The van der Waals surface area contributed by atoms with Crippen LogP contribution in [0, 0.1) is 13.8 Å². The third-order valence-electron chi connectivity index (χ3n) is 4.47. The lowest BCUT2D eigenvalue weighted by Crippen LogP contribution is -2.59. The lowest BCUT2D eigenvalue weighted by molar-refractivity contribution is 0.460. The first kappa shape index (κ1) is 11.8. The average Bonchev–Trinajstić information content (AvgIpc) is 2.41. The van der Waals surface area contributed by atoms with Crippen LogP contribution in [0.15, 0.2) is 12.1 Å². The SMILES string of the molecule is CCN1CC2CNCCN2c2c1ccc(C)c2C. The van der Waals surface area contributed by atoms with Crippen molar-refractivity contribution >= 4 is 11.4 Å². The number of piperazine rings is 1. The molecular formula is C15H23N3. The molecule has 0 saturated carbocycles. The van der Waals surface area contributed by atoms with Crippen LogP contribution in [0.1, 0.15) is 18.1 Å². The van der Waals surface area contributed by atoms with Gasteiger partial charge in [-0.1, -0.05) is 6.07 Å². The van der Waals surface area contributed by atoms with Gasteiger partial charge in [-0.3, -0.25) is 0 Å². The molecule has 98 valence electrons. The third-order valence-corrected chi connectivity index (χ3v) is 4.47. The van der Waals surface area contributed by atoms with Gasteiger partial charge in [-0.05, 0) is 38.0 Å². The summed E-state index contributed by atoms with van der Waals surface area (Å²) in [7, 11) is 0. The first-order valence-electron chi connectivity index (χ1n) is 7.05. The summed E-state index contributed by atoms with van der Waals surface area (Å²) in [6, 6.07) is 5.20. The molecule has 3 heteroatoms. The maximum Gasteiger partial charge on any atom is 0.0640 e. The molecule has 0 bridgehead atoms. The van der Waals surface area contributed by atoms with Gasteiger partial charge in [0.1, 0.15) is 0 Å². The van der Waals surface area contributed by atoms with E-state index in [0.717, 1.165) is 32.7 Å². The summed E-state index contributed by atoms with van der Waals surface area (Å²) in [5.74, 6) is 0. The number of fused-ring (bicyclic) bond motifs is 3. The molecule has 1 aromatic rings. The van der Waals surface area contributed by atoms with Crippen LogP contribution in [-0.4, -0.2) is 38.8 Å². The number of aryl methyl sites for hydroxylation is 1. The van der Waals surface area contributed by atoms with Crippen molar-refractivity contribution in [2.24, 2.45) is 0 Å². The average molecular weight is 245 g/mol. The topological polar surface area (TPSA) is 18.5 Å². The lowest BCUT2D eigenvalue weighted by Gasteiger charge is -2.48. The van der Waals surface area contributed by atoms with Crippen LogP contribution in [-0.2, 0) is 0 Å². The number of likely N-dealkylation sites (N-methyl/N-ethyl adjacent to an activating group) is 1. The summed E-state index contributed by atoms with van der Waals surface area (Å²) in [6.07, 6.45) is 0. The summed E-state index contributed by atoms with van der Waals surface area (Å²) in [5.41, 5.74) is 5.77. The summed E-state index contributed by atoms with van der Waals surface area (Å²) in [5, 5.41) is 3.53. The normalized spacial score (nSPS) is 22.7. The first-order valence-corrected chi connectivity index (χ1v) is 7.05. The van der Waals surface area contributed by atoms with Gasteiger partial charge in [-0.25, -0.2) is 0 Å². The second-order valence-corrected chi connectivity index (χ2v) is 5.47. The fraction of sp³-hybridized carbons (Fsp3) is 0.600. The summed E-state index contributed by atoms with van der Waals surface area (Å²) in [4.78, 5) is 5.15. The highest BCUT2D eigenvalue weighted by Crippen LogP contribution is 2.39. The molecule has 0 radical (unpaired) electrons. The van der Waals surface area contributed by atoms with Crippen LogP contribution in [0.3, 0.4) is 0 Å². The minimum atomic E-state index is 0.631. The van der Waals surface area contributed by atoms with Crippen LogP contribution >= 0.6 is 0 Å². The summed E-state index contributed by atoms with van der Waals surface area (Å²) in [6.45, 7) is 12.4. The summed E-state index contributed by atoms with van der Waals surface area (Å²) >= 11 is 0. The number of hydrogen-bond donors (Lipinski definition) is 1. The third kappa shape index (κ3) is 1.69. The molecule has 18 heavy (non-hydrogen) atoms. The van der Waals surface area contributed by atoms with E-state index in [1.807, 2.05) is 0 Å². The Morgan fingerprint density at radius 2 is 2.17 bits per heavy atom. The summed E-state index contributed by atoms with van der Waals surface area (Å²) < 4.78 is 0. The van der Waals surface area contributed by atoms with Gasteiger partial charge in [0.15, 0.2) is 0 Å². The largest absolute Gasteiger partial charge is 0.368 e. The first-order chi connectivity index (χ1) is 8.72. The zero-order valence-electron chi connectivity index (χ0n) is 11.7. The molecular weight excluding hydrogens is 222 g/mol. The van der Waals surface area contributed by atoms with E-state index in [9.17, 15) is 0 Å². The molecule has 1 fully saturated rings. The van der Waals surface area contributed by atoms with E-state index in [-0.39, 0.29) is 0 Å². The standard InChI is InChI=1S/C15H23N3/c1-4-17-10-13-9-16-7-8-18(13)15-12(3)11(2)5-6-14(15)17/h5-6,13,16H,4,7-10H2,1-3H3. The van der Waals surface area contributed by atoms with E-state index >= 15 is 0 Å². The number of nitrogens with one attached hydrogen (secondary N) is 1. The molecule has 0 aliphatic carbocycles. The maximum absolute atomic E-state index is 3.53.